The molecule has 8 heteroatoms. The van der Waals surface area contributed by atoms with Crippen molar-refractivity contribution in [3.05, 3.63) is 65.5 Å². The van der Waals surface area contributed by atoms with Gasteiger partial charge in [-0.1, -0.05) is 29.8 Å². The first kappa shape index (κ1) is 20.3. The molecule has 1 fully saturated rings. The van der Waals surface area contributed by atoms with Crippen molar-refractivity contribution >= 4 is 21.6 Å². The number of nitrogens with zero attached hydrogens (tertiary/aromatic N) is 2. The molecule has 0 saturated carbocycles. The largest absolute Gasteiger partial charge is 0.367 e. The summed E-state index contributed by atoms with van der Waals surface area (Å²) in [6, 6.07) is 13.6. The zero-order valence-electron chi connectivity index (χ0n) is 15.8. The van der Waals surface area contributed by atoms with Crippen molar-refractivity contribution in [2.45, 2.75) is 6.92 Å². The van der Waals surface area contributed by atoms with Gasteiger partial charge in [0.15, 0.2) is 0 Å². The fourth-order valence-electron chi connectivity index (χ4n) is 3.23. The number of carbonyl (C=O) groups excluding carboxylic acids is 1. The van der Waals surface area contributed by atoms with E-state index in [1.165, 1.54) is 10.4 Å². The maximum absolute atomic E-state index is 13.9. The number of hydrogen-bond donors (Lipinski definition) is 1. The highest BCUT2D eigenvalue weighted by Gasteiger charge is 2.27. The van der Waals surface area contributed by atoms with Crippen LogP contribution in [0, 0.1) is 12.7 Å². The summed E-state index contributed by atoms with van der Waals surface area (Å²) in [4.78, 5) is 14.0. The first-order valence-corrected chi connectivity index (χ1v) is 10.8. The molecule has 150 valence electrons. The molecule has 28 heavy (non-hydrogen) atoms. The SMILES string of the molecule is Cc1cccc(C(=O)NCCS(=O)(=O)N2CCN(c3ccccc3F)CC2)c1. The Morgan fingerprint density at radius 1 is 1.07 bits per heavy atom. The van der Waals surface area contributed by atoms with Gasteiger partial charge in [0.1, 0.15) is 5.82 Å². The molecule has 6 nitrogen and oxygen atoms in total. The van der Waals surface area contributed by atoms with E-state index >= 15 is 0 Å². The number of sulfonamides is 1. The van der Waals surface area contributed by atoms with Crippen LogP contribution in [0.25, 0.3) is 0 Å². The minimum Gasteiger partial charge on any atom is -0.367 e. The minimum absolute atomic E-state index is 0.0443. The predicted octanol–water partition coefficient (Wildman–Crippen LogP) is 2.02. The van der Waals surface area contributed by atoms with E-state index in [-0.39, 0.29) is 24.0 Å². The molecule has 0 radical (unpaired) electrons. The van der Waals surface area contributed by atoms with Crippen molar-refractivity contribution in [3.8, 4) is 0 Å². The van der Waals surface area contributed by atoms with E-state index in [9.17, 15) is 17.6 Å². The van der Waals surface area contributed by atoms with Crippen LogP contribution in [0.15, 0.2) is 48.5 Å². The average molecular weight is 405 g/mol. The zero-order valence-corrected chi connectivity index (χ0v) is 16.6. The van der Waals surface area contributed by atoms with Crippen molar-refractivity contribution in [1.82, 2.24) is 9.62 Å². The van der Waals surface area contributed by atoms with Gasteiger partial charge in [0.2, 0.25) is 10.0 Å². The van der Waals surface area contributed by atoms with E-state index in [0.29, 0.717) is 37.4 Å². The third kappa shape index (κ3) is 4.88. The molecule has 1 N–H and O–H groups in total. The first-order chi connectivity index (χ1) is 13.4. The summed E-state index contributed by atoms with van der Waals surface area (Å²) in [5.41, 5.74) is 1.97. The molecule has 1 aliphatic rings. The quantitative estimate of drug-likeness (QED) is 0.798. The highest BCUT2D eigenvalue weighted by molar-refractivity contribution is 7.89. The summed E-state index contributed by atoms with van der Waals surface area (Å²) in [5, 5.41) is 2.66. The molecular formula is C20H24FN3O3S. The van der Waals surface area contributed by atoms with E-state index in [1.54, 1.807) is 36.4 Å². The normalized spacial score (nSPS) is 15.4. The van der Waals surface area contributed by atoms with Gasteiger partial charge in [-0.05, 0) is 31.2 Å². The number of halogens is 1. The molecule has 3 rings (SSSR count). The number of amides is 1. The summed E-state index contributed by atoms with van der Waals surface area (Å²) in [6.45, 7) is 3.38. The minimum atomic E-state index is -3.49. The van der Waals surface area contributed by atoms with Gasteiger partial charge >= 0.3 is 0 Å². The molecule has 0 aliphatic carbocycles. The number of piperazine rings is 1. The Morgan fingerprint density at radius 2 is 1.79 bits per heavy atom. The van der Waals surface area contributed by atoms with Crippen LogP contribution in [0.1, 0.15) is 15.9 Å². The fraction of sp³-hybridized carbons (Fsp3) is 0.350. The molecule has 1 saturated heterocycles. The third-order valence-corrected chi connectivity index (χ3v) is 6.62. The van der Waals surface area contributed by atoms with Crippen molar-refractivity contribution in [3.63, 3.8) is 0 Å². The lowest BCUT2D eigenvalue weighted by Crippen LogP contribution is -2.50. The first-order valence-electron chi connectivity index (χ1n) is 9.19. The zero-order chi connectivity index (χ0) is 20.1. The maximum atomic E-state index is 13.9. The molecule has 2 aromatic rings. The van der Waals surface area contributed by atoms with Crippen LogP contribution in [-0.4, -0.2) is 57.1 Å². The molecule has 0 aromatic heterocycles. The number of benzene rings is 2. The third-order valence-electron chi connectivity index (χ3n) is 4.75. The number of aryl methyl sites for hydroxylation is 1. The van der Waals surface area contributed by atoms with Crippen molar-refractivity contribution in [1.29, 1.82) is 0 Å². The fourth-order valence-corrected chi connectivity index (χ4v) is 4.56. The Hall–Kier alpha value is -2.45. The Bertz CT molecular complexity index is 941. The summed E-state index contributed by atoms with van der Waals surface area (Å²) < 4.78 is 40.4. The number of para-hydroxylation sites is 1. The van der Waals surface area contributed by atoms with E-state index in [2.05, 4.69) is 5.32 Å². The topological polar surface area (TPSA) is 69.7 Å². The maximum Gasteiger partial charge on any atom is 0.251 e. The van der Waals surface area contributed by atoms with Gasteiger partial charge in [0.05, 0.1) is 11.4 Å². The van der Waals surface area contributed by atoms with Crippen LogP contribution in [0.4, 0.5) is 10.1 Å². The second-order valence-corrected chi connectivity index (χ2v) is 8.87. The molecule has 2 aromatic carbocycles. The van der Waals surface area contributed by atoms with Gasteiger partial charge in [0, 0.05) is 38.3 Å². The van der Waals surface area contributed by atoms with Crippen molar-refractivity contribution < 1.29 is 17.6 Å². The molecule has 1 heterocycles. The molecule has 0 atom stereocenters. The molecular weight excluding hydrogens is 381 g/mol. The Labute approximate surface area is 165 Å². The second kappa shape index (κ2) is 8.70. The lowest BCUT2D eigenvalue weighted by atomic mass is 10.1. The van der Waals surface area contributed by atoms with Gasteiger partial charge < -0.3 is 10.2 Å². The molecule has 0 spiro atoms. The molecule has 0 bridgehead atoms. The smallest absolute Gasteiger partial charge is 0.251 e. The monoisotopic (exact) mass is 405 g/mol. The molecule has 0 unspecified atom stereocenters. The number of rotatable bonds is 6. The van der Waals surface area contributed by atoms with Crippen LogP contribution in [-0.2, 0) is 10.0 Å². The Morgan fingerprint density at radius 3 is 2.46 bits per heavy atom. The van der Waals surface area contributed by atoms with Crippen LogP contribution in [0.2, 0.25) is 0 Å². The number of hydrogen-bond acceptors (Lipinski definition) is 4. The number of nitrogens with one attached hydrogen (secondary N) is 1. The predicted molar refractivity (Wildman–Crippen MR) is 107 cm³/mol. The van der Waals surface area contributed by atoms with Gasteiger partial charge in [0.25, 0.3) is 5.91 Å². The molecule has 1 aliphatic heterocycles. The van der Waals surface area contributed by atoms with Crippen LogP contribution in [0.5, 0.6) is 0 Å². The summed E-state index contributed by atoms with van der Waals surface area (Å²) in [6.07, 6.45) is 0. The van der Waals surface area contributed by atoms with Crippen LogP contribution >= 0.6 is 0 Å². The van der Waals surface area contributed by atoms with E-state index in [4.69, 9.17) is 0 Å². The van der Waals surface area contributed by atoms with Gasteiger partial charge in [-0.15, -0.1) is 0 Å². The summed E-state index contributed by atoms with van der Waals surface area (Å²) >= 11 is 0. The highest BCUT2D eigenvalue weighted by atomic mass is 32.2. The Balaban J connectivity index is 1.50. The highest BCUT2D eigenvalue weighted by Crippen LogP contribution is 2.21. The lowest BCUT2D eigenvalue weighted by molar-refractivity contribution is 0.0956. The van der Waals surface area contributed by atoms with E-state index in [0.717, 1.165) is 5.56 Å². The standard InChI is InChI=1S/C20H24FN3O3S/c1-16-5-4-6-17(15-16)20(25)22-9-14-28(26,27)24-12-10-23(11-13-24)19-8-3-2-7-18(19)21/h2-8,15H,9-14H2,1H3,(H,22,25). The number of anilines is 1. The Kier molecular flexibility index (Phi) is 6.31. The van der Waals surface area contributed by atoms with E-state index < -0.39 is 10.0 Å². The average Bonchev–Trinajstić information content (AvgIpc) is 2.68. The summed E-state index contributed by atoms with van der Waals surface area (Å²) in [7, 11) is -3.49. The van der Waals surface area contributed by atoms with Gasteiger partial charge in [-0.2, -0.15) is 4.31 Å². The van der Waals surface area contributed by atoms with Gasteiger partial charge in [-0.3, -0.25) is 4.79 Å². The van der Waals surface area contributed by atoms with Crippen LogP contribution in [0.3, 0.4) is 0 Å². The summed E-state index contributed by atoms with van der Waals surface area (Å²) in [5.74, 6) is -0.759. The van der Waals surface area contributed by atoms with Crippen molar-refractivity contribution in [2.24, 2.45) is 0 Å². The van der Waals surface area contributed by atoms with Crippen molar-refractivity contribution in [2.75, 3.05) is 43.4 Å². The van der Waals surface area contributed by atoms with Crippen LogP contribution < -0.4 is 10.2 Å². The molecule has 1 amide bonds. The lowest BCUT2D eigenvalue weighted by Gasteiger charge is -2.35. The number of carbonyl (C=O) groups is 1. The van der Waals surface area contributed by atoms with Gasteiger partial charge in [-0.25, -0.2) is 12.8 Å². The van der Waals surface area contributed by atoms with E-state index in [1.807, 2.05) is 17.9 Å². The second-order valence-electron chi connectivity index (χ2n) is 6.78.